The second-order valence-corrected chi connectivity index (χ2v) is 6.09. The zero-order valence-corrected chi connectivity index (χ0v) is 10.8. The van der Waals surface area contributed by atoms with E-state index in [9.17, 15) is 4.79 Å². The number of carboxylic acids is 1. The molecule has 0 amide bonds. The Morgan fingerprint density at radius 1 is 1.50 bits per heavy atom. The molecule has 0 saturated carbocycles. The van der Waals surface area contributed by atoms with Gasteiger partial charge >= 0.3 is 5.97 Å². The van der Waals surface area contributed by atoms with Crippen molar-refractivity contribution in [3.8, 4) is 0 Å². The van der Waals surface area contributed by atoms with E-state index in [0.29, 0.717) is 17.5 Å². The van der Waals surface area contributed by atoms with Crippen LogP contribution in [-0.4, -0.2) is 41.3 Å². The Balaban J connectivity index is 1.69. The third kappa shape index (κ3) is 2.16. The average Bonchev–Trinajstić information content (AvgIpc) is 2.86. The molecule has 0 radical (unpaired) electrons. The zero-order valence-electron chi connectivity index (χ0n) is 9.96. The van der Waals surface area contributed by atoms with Crippen molar-refractivity contribution in [1.82, 2.24) is 4.90 Å². The number of hydrogen-bond acceptors (Lipinski definition) is 5. The van der Waals surface area contributed by atoms with Gasteiger partial charge in [-0.2, -0.15) is 0 Å². The number of nitrogens with two attached hydrogens (primary N) is 1. The average molecular weight is 268 g/mol. The second kappa shape index (κ2) is 4.62. The Morgan fingerprint density at radius 2 is 2.33 bits per heavy atom. The van der Waals surface area contributed by atoms with Crippen molar-refractivity contribution in [1.29, 1.82) is 0 Å². The zero-order chi connectivity index (χ0) is 12.7. The van der Waals surface area contributed by atoms with Crippen LogP contribution in [0.3, 0.4) is 0 Å². The van der Waals surface area contributed by atoms with Gasteiger partial charge in [0.25, 0.3) is 0 Å². The Morgan fingerprint density at radius 3 is 3.00 bits per heavy atom. The minimum atomic E-state index is -0.830. The standard InChI is InChI=1S/C12H16N2O3S/c13-8-2-9(6-17-5-8)14-3-7-1-10(12(15)16)18-11(7)4-14/h1,8-9H,2-6,13H2,(H,15,16)/t8?,9-/m1/s1. The molecule has 2 atom stereocenters. The maximum atomic E-state index is 10.9. The smallest absolute Gasteiger partial charge is 0.345 e. The van der Waals surface area contributed by atoms with E-state index in [4.69, 9.17) is 15.6 Å². The van der Waals surface area contributed by atoms with Crippen molar-refractivity contribution in [2.75, 3.05) is 13.2 Å². The Hall–Kier alpha value is -0.950. The molecule has 1 saturated heterocycles. The lowest BCUT2D eigenvalue weighted by Gasteiger charge is -2.33. The number of rotatable bonds is 2. The first kappa shape index (κ1) is 12.1. The van der Waals surface area contributed by atoms with Crippen molar-refractivity contribution >= 4 is 17.3 Å². The number of thiophene rings is 1. The molecule has 0 aliphatic carbocycles. The lowest BCUT2D eigenvalue weighted by Crippen LogP contribution is -2.46. The fourth-order valence-corrected chi connectivity index (χ4v) is 3.69. The molecule has 1 fully saturated rings. The van der Waals surface area contributed by atoms with Crippen LogP contribution in [0.15, 0.2) is 6.07 Å². The number of carbonyl (C=O) groups is 1. The van der Waals surface area contributed by atoms with Crippen LogP contribution in [0.1, 0.15) is 26.5 Å². The quantitative estimate of drug-likeness (QED) is 0.832. The summed E-state index contributed by atoms with van der Waals surface area (Å²) in [6.07, 6.45) is 0.959. The van der Waals surface area contributed by atoms with Gasteiger partial charge in [-0.05, 0) is 18.1 Å². The molecule has 1 aromatic heterocycles. The molecule has 3 N–H and O–H groups in total. The molecular formula is C12H16N2O3S. The third-order valence-electron chi connectivity index (χ3n) is 3.56. The van der Waals surface area contributed by atoms with Gasteiger partial charge in [0.15, 0.2) is 0 Å². The van der Waals surface area contributed by atoms with Gasteiger partial charge in [-0.3, -0.25) is 4.90 Å². The lowest BCUT2D eigenvalue weighted by molar-refractivity contribution is 0.00562. The van der Waals surface area contributed by atoms with Crippen molar-refractivity contribution in [3.05, 3.63) is 21.4 Å². The molecule has 3 rings (SSSR count). The number of aromatic carboxylic acids is 1. The maximum Gasteiger partial charge on any atom is 0.345 e. The normalized spacial score (nSPS) is 28.3. The van der Waals surface area contributed by atoms with Crippen molar-refractivity contribution in [2.24, 2.45) is 5.73 Å². The first-order valence-corrected chi connectivity index (χ1v) is 6.87. The van der Waals surface area contributed by atoms with Crippen LogP contribution in [-0.2, 0) is 17.8 Å². The van der Waals surface area contributed by atoms with Crippen LogP contribution in [0.2, 0.25) is 0 Å². The van der Waals surface area contributed by atoms with Gasteiger partial charge in [0.1, 0.15) is 4.88 Å². The Kier molecular flexibility index (Phi) is 3.11. The van der Waals surface area contributed by atoms with Crippen LogP contribution in [0.4, 0.5) is 0 Å². The minimum absolute atomic E-state index is 0.122. The van der Waals surface area contributed by atoms with Crippen LogP contribution < -0.4 is 5.73 Å². The van der Waals surface area contributed by atoms with Gasteiger partial charge in [-0.1, -0.05) is 0 Å². The minimum Gasteiger partial charge on any atom is -0.477 e. The summed E-state index contributed by atoms with van der Waals surface area (Å²) in [5.41, 5.74) is 7.06. The summed E-state index contributed by atoms with van der Waals surface area (Å²) in [6, 6.07) is 2.28. The Bertz CT molecular complexity index is 450. The van der Waals surface area contributed by atoms with E-state index in [0.717, 1.165) is 31.7 Å². The fraction of sp³-hybridized carbons (Fsp3) is 0.583. The van der Waals surface area contributed by atoms with Crippen LogP contribution in [0, 0.1) is 0 Å². The van der Waals surface area contributed by atoms with Gasteiger partial charge < -0.3 is 15.6 Å². The summed E-state index contributed by atoms with van der Waals surface area (Å²) in [7, 11) is 0. The number of nitrogens with zero attached hydrogens (tertiary/aromatic N) is 1. The summed E-state index contributed by atoms with van der Waals surface area (Å²) in [4.78, 5) is 14.8. The van der Waals surface area contributed by atoms with E-state index >= 15 is 0 Å². The topological polar surface area (TPSA) is 75.8 Å². The van der Waals surface area contributed by atoms with Crippen LogP contribution in [0.25, 0.3) is 0 Å². The highest BCUT2D eigenvalue weighted by molar-refractivity contribution is 7.14. The van der Waals surface area contributed by atoms with E-state index in [1.807, 2.05) is 0 Å². The molecule has 1 aromatic rings. The monoisotopic (exact) mass is 268 g/mol. The van der Waals surface area contributed by atoms with E-state index < -0.39 is 5.97 Å². The van der Waals surface area contributed by atoms with Crippen molar-refractivity contribution in [3.63, 3.8) is 0 Å². The largest absolute Gasteiger partial charge is 0.477 e. The molecule has 0 aromatic carbocycles. The maximum absolute atomic E-state index is 10.9. The number of ether oxygens (including phenoxy) is 1. The van der Waals surface area contributed by atoms with Gasteiger partial charge in [0.05, 0.1) is 13.2 Å². The molecule has 1 unspecified atom stereocenters. The lowest BCUT2D eigenvalue weighted by atomic mass is 10.1. The van der Waals surface area contributed by atoms with E-state index in [1.165, 1.54) is 16.2 Å². The summed E-state index contributed by atoms with van der Waals surface area (Å²) in [5.74, 6) is -0.830. The molecule has 0 bridgehead atoms. The van der Waals surface area contributed by atoms with E-state index in [-0.39, 0.29) is 6.04 Å². The number of carboxylic acid groups (broad SMARTS) is 1. The predicted octanol–water partition coefficient (Wildman–Crippen LogP) is 0.878. The summed E-state index contributed by atoms with van der Waals surface area (Å²) < 4.78 is 5.49. The van der Waals surface area contributed by atoms with E-state index in [2.05, 4.69) is 4.90 Å². The predicted molar refractivity (Wildman–Crippen MR) is 67.7 cm³/mol. The second-order valence-electron chi connectivity index (χ2n) is 4.96. The fourth-order valence-electron chi connectivity index (χ4n) is 2.65. The molecular weight excluding hydrogens is 252 g/mol. The molecule has 0 spiro atoms. The highest BCUT2D eigenvalue weighted by atomic mass is 32.1. The molecule has 98 valence electrons. The first-order valence-electron chi connectivity index (χ1n) is 6.05. The summed E-state index contributed by atoms with van der Waals surface area (Å²) in [6.45, 7) is 3.03. The van der Waals surface area contributed by atoms with Gasteiger partial charge in [-0.25, -0.2) is 4.79 Å². The highest BCUT2D eigenvalue weighted by Gasteiger charge is 2.31. The van der Waals surface area contributed by atoms with Crippen molar-refractivity contribution < 1.29 is 14.6 Å². The molecule has 5 nitrogen and oxygen atoms in total. The van der Waals surface area contributed by atoms with Crippen molar-refractivity contribution in [2.45, 2.75) is 31.6 Å². The third-order valence-corrected chi connectivity index (χ3v) is 4.71. The molecule has 2 aliphatic rings. The van der Waals surface area contributed by atoms with Crippen LogP contribution in [0.5, 0.6) is 0 Å². The summed E-state index contributed by atoms with van der Waals surface area (Å²) >= 11 is 1.39. The van der Waals surface area contributed by atoms with Gasteiger partial charge in [0, 0.05) is 30.1 Å². The SMILES string of the molecule is NC1COC[C@H](N2Cc3cc(C(=O)O)sc3C2)C1. The Labute approximate surface area is 109 Å². The van der Waals surface area contributed by atoms with Gasteiger partial charge in [-0.15, -0.1) is 11.3 Å². The molecule has 6 heteroatoms. The molecule has 2 aliphatic heterocycles. The molecule has 3 heterocycles. The van der Waals surface area contributed by atoms with Gasteiger partial charge in [0.2, 0.25) is 0 Å². The van der Waals surface area contributed by atoms with Crippen LogP contribution >= 0.6 is 11.3 Å². The highest BCUT2D eigenvalue weighted by Crippen LogP contribution is 2.33. The number of hydrogen-bond donors (Lipinski definition) is 2. The molecule has 18 heavy (non-hydrogen) atoms. The number of fused-ring (bicyclic) bond motifs is 1. The summed E-state index contributed by atoms with van der Waals surface area (Å²) in [5, 5.41) is 8.95. The first-order chi connectivity index (χ1) is 8.63. The van der Waals surface area contributed by atoms with E-state index in [1.54, 1.807) is 6.07 Å².